The standard InChI is InChI=1S/C13H19ClN4O2/c14-10-2-1-3-11(12(10)13(15)16-20)18-6-4-17(5-7-18)8-9-19/h1-3,19-20H,4-9H2,(H2,15,16). The number of aliphatic hydroxyl groups is 1. The van der Waals surface area contributed by atoms with Crippen LogP contribution in [0.25, 0.3) is 0 Å². The normalized spacial score (nSPS) is 17.5. The molecule has 0 saturated carbocycles. The number of piperazine rings is 1. The molecule has 2 rings (SSSR count). The molecule has 110 valence electrons. The number of amidine groups is 1. The Morgan fingerprint density at radius 2 is 2.00 bits per heavy atom. The Balaban J connectivity index is 2.20. The number of rotatable bonds is 4. The van der Waals surface area contributed by atoms with E-state index >= 15 is 0 Å². The molecule has 0 unspecified atom stereocenters. The van der Waals surface area contributed by atoms with E-state index in [-0.39, 0.29) is 12.4 Å². The summed E-state index contributed by atoms with van der Waals surface area (Å²) in [5, 5.41) is 21.4. The molecule has 0 radical (unpaired) electrons. The summed E-state index contributed by atoms with van der Waals surface area (Å²) in [4.78, 5) is 4.36. The van der Waals surface area contributed by atoms with Crippen molar-refractivity contribution in [1.82, 2.24) is 4.90 Å². The molecule has 1 aromatic carbocycles. The summed E-state index contributed by atoms with van der Waals surface area (Å²) in [6.07, 6.45) is 0. The van der Waals surface area contributed by atoms with Crippen LogP contribution in [0.3, 0.4) is 0 Å². The maximum atomic E-state index is 8.95. The van der Waals surface area contributed by atoms with Gasteiger partial charge in [-0.05, 0) is 12.1 Å². The first-order valence-corrected chi connectivity index (χ1v) is 6.89. The van der Waals surface area contributed by atoms with E-state index in [0.29, 0.717) is 17.1 Å². The van der Waals surface area contributed by atoms with Crippen molar-refractivity contribution in [3.63, 3.8) is 0 Å². The maximum Gasteiger partial charge on any atom is 0.173 e. The molecule has 1 aliphatic heterocycles. The van der Waals surface area contributed by atoms with E-state index in [0.717, 1.165) is 31.9 Å². The Kier molecular flexibility index (Phi) is 5.05. The molecule has 1 aromatic rings. The molecule has 1 saturated heterocycles. The Morgan fingerprint density at radius 1 is 1.30 bits per heavy atom. The zero-order chi connectivity index (χ0) is 14.5. The molecule has 0 amide bonds. The molecular formula is C13H19ClN4O2. The van der Waals surface area contributed by atoms with Gasteiger partial charge in [-0.25, -0.2) is 0 Å². The van der Waals surface area contributed by atoms with Gasteiger partial charge in [-0.15, -0.1) is 0 Å². The van der Waals surface area contributed by atoms with Gasteiger partial charge in [-0.1, -0.05) is 22.8 Å². The maximum absolute atomic E-state index is 8.95. The number of oxime groups is 1. The number of halogens is 1. The molecule has 20 heavy (non-hydrogen) atoms. The lowest BCUT2D eigenvalue weighted by molar-refractivity contribution is 0.189. The highest BCUT2D eigenvalue weighted by Crippen LogP contribution is 2.28. The monoisotopic (exact) mass is 298 g/mol. The number of aliphatic hydroxyl groups excluding tert-OH is 1. The summed E-state index contributed by atoms with van der Waals surface area (Å²) >= 11 is 6.16. The summed E-state index contributed by atoms with van der Waals surface area (Å²) < 4.78 is 0. The second-order valence-corrected chi connectivity index (χ2v) is 5.08. The highest BCUT2D eigenvalue weighted by molar-refractivity contribution is 6.34. The van der Waals surface area contributed by atoms with Gasteiger partial charge in [-0.2, -0.15) is 0 Å². The van der Waals surface area contributed by atoms with Gasteiger partial charge in [0.15, 0.2) is 5.84 Å². The van der Waals surface area contributed by atoms with Gasteiger partial charge in [0.05, 0.1) is 17.2 Å². The molecule has 0 aromatic heterocycles. The first-order chi connectivity index (χ1) is 9.67. The van der Waals surface area contributed by atoms with Crippen molar-refractivity contribution in [2.45, 2.75) is 0 Å². The third-order valence-corrected chi connectivity index (χ3v) is 3.80. The molecule has 4 N–H and O–H groups in total. The van der Waals surface area contributed by atoms with Gasteiger partial charge in [0.2, 0.25) is 0 Å². The average molecular weight is 299 g/mol. The number of hydrogen-bond acceptors (Lipinski definition) is 5. The van der Waals surface area contributed by atoms with Crippen molar-refractivity contribution in [2.24, 2.45) is 10.9 Å². The largest absolute Gasteiger partial charge is 0.409 e. The summed E-state index contributed by atoms with van der Waals surface area (Å²) in [6.45, 7) is 4.21. The lowest BCUT2D eigenvalue weighted by Gasteiger charge is -2.36. The first-order valence-electron chi connectivity index (χ1n) is 6.52. The van der Waals surface area contributed by atoms with Gasteiger partial charge >= 0.3 is 0 Å². The Bertz CT molecular complexity index is 487. The highest BCUT2D eigenvalue weighted by Gasteiger charge is 2.21. The van der Waals surface area contributed by atoms with Crippen LogP contribution in [0.1, 0.15) is 5.56 Å². The highest BCUT2D eigenvalue weighted by atomic mass is 35.5. The fourth-order valence-electron chi connectivity index (χ4n) is 2.43. The van der Waals surface area contributed by atoms with Gasteiger partial charge in [0.25, 0.3) is 0 Å². The number of anilines is 1. The number of nitrogens with zero attached hydrogens (tertiary/aromatic N) is 3. The van der Waals surface area contributed by atoms with E-state index in [2.05, 4.69) is 15.0 Å². The molecule has 6 nitrogen and oxygen atoms in total. The molecule has 0 atom stereocenters. The number of benzene rings is 1. The van der Waals surface area contributed by atoms with Gasteiger partial charge in [0.1, 0.15) is 0 Å². The molecule has 0 aliphatic carbocycles. The topological polar surface area (TPSA) is 85.3 Å². The van der Waals surface area contributed by atoms with Crippen LogP contribution >= 0.6 is 11.6 Å². The van der Waals surface area contributed by atoms with Crippen molar-refractivity contribution in [2.75, 3.05) is 44.2 Å². The third-order valence-electron chi connectivity index (χ3n) is 3.48. The second kappa shape index (κ2) is 6.78. The van der Waals surface area contributed by atoms with E-state index in [1.54, 1.807) is 6.07 Å². The third kappa shape index (κ3) is 3.15. The van der Waals surface area contributed by atoms with Crippen LogP contribution in [0.4, 0.5) is 5.69 Å². The second-order valence-electron chi connectivity index (χ2n) is 4.67. The van der Waals surface area contributed by atoms with Crippen LogP contribution in [0, 0.1) is 0 Å². The van der Waals surface area contributed by atoms with Crippen molar-refractivity contribution >= 4 is 23.1 Å². The van der Waals surface area contributed by atoms with Crippen molar-refractivity contribution in [3.8, 4) is 0 Å². The van der Waals surface area contributed by atoms with E-state index in [1.165, 1.54) is 0 Å². The van der Waals surface area contributed by atoms with Crippen molar-refractivity contribution < 1.29 is 10.3 Å². The quantitative estimate of drug-likeness (QED) is 0.327. The van der Waals surface area contributed by atoms with E-state index in [9.17, 15) is 0 Å². The molecule has 0 bridgehead atoms. The lowest BCUT2D eigenvalue weighted by Crippen LogP contribution is -2.47. The van der Waals surface area contributed by atoms with Crippen molar-refractivity contribution in [3.05, 3.63) is 28.8 Å². The minimum absolute atomic E-state index is 0.0170. The summed E-state index contributed by atoms with van der Waals surface area (Å²) in [7, 11) is 0. The van der Waals surface area contributed by atoms with E-state index < -0.39 is 0 Å². The molecule has 0 spiro atoms. The minimum Gasteiger partial charge on any atom is -0.409 e. The molecule has 7 heteroatoms. The summed E-state index contributed by atoms with van der Waals surface area (Å²) in [5.41, 5.74) is 7.16. The molecule has 1 heterocycles. The summed E-state index contributed by atoms with van der Waals surface area (Å²) in [6, 6.07) is 5.49. The Morgan fingerprint density at radius 3 is 2.60 bits per heavy atom. The predicted molar refractivity (Wildman–Crippen MR) is 79.7 cm³/mol. The SMILES string of the molecule is NC(=NO)c1c(Cl)cccc1N1CCN(CCO)CC1. The van der Waals surface area contributed by atoms with Crippen LogP contribution < -0.4 is 10.6 Å². The fourth-order valence-corrected chi connectivity index (χ4v) is 2.70. The zero-order valence-electron chi connectivity index (χ0n) is 11.2. The predicted octanol–water partition coefficient (Wildman–Crippen LogP) is 0.549. The number of hydrogen-bond donors (Lipinski definition) is 3. The first kappa shape index (κ1) is 14.9. The van der Waals surface area contributed by atoms with Crippen LogP contribution in [-0.2, 0) is 0 Å². The van der Waals surface area contributed by atoms with Crippen LogP contribution in [0.15, 0.2) is 23.4 Å². The fraction of sp³-hybridized carbons (Fsp3) is 0.462. The number of nitrogens with two attached hydrogens (primary N) is 1. The van der Waals surface area contributed by atoms with Gasteiger partial charge in [0, 0.05) is 38.4 Å². The molecule has 1 fully saturated rings. The van der Waals surface area contributed by atoms with Crippen molar-refractivity contribution in [1.29, 1.82) is 0 Å². The van der Waals surface area contributed by atoms with Crippen LogP contribution in [-0.4, -0.2) is 60.4 Å². The average Bonchev–Trinajstić information content (AvgIpc) is 2.47. The zero-order valence-corrected chi connectivity index (χ0v) is 11.9. The lowest BCUT2D eigenvalue weighted by atomic mass is 10.1. The van der Waals surface area contributed by atoms with Gasteiger partial charge in [-0.3, -0.25) is 4.90 Å². The number of β-amino-alcohol motifs (C(OH)–C–C–N with tert-alkyl or cyclic N) is 1. The smallest absolute Gasteiger partial charge is 0.173 e. The Hall–Kier alpha value is -1.50. The molecule has 1 aliphatic rings. The minimum atomic E-state index is 0.0170. The van der Waals surface area contributed by atoms with Gasteiger partial charge < -0.3 is 20.9 Å². The van der Waals surface area contributed by atoms with Crippen LogP contribution in [0.2, 0.25) is 5.02 Å². The Labute approximate surface area is 123 Å². The molecular weight excluding hydrogens is 280 g/mol. The van der Waals surface area contributed by atoms with E-state index in [4.69, 9.17) is 27.6 Å². The van der Waals surface area contributed by atoms with E-state index in [1.807, 2.05) is 12.1 Å². The van der Waals surface area contributed by atoms with Crippen LogP contribution in [0.5, 0.6) is 0 Å². The summed E-state index contributed by atoms with van der Waals surface area (Å²) in [5.74, 6) is 0.0170.